The number of thiophene rings is 1. The Bertz CT molecular complexity index is 775. The monoisotopic (exact) mass is 331 g/mol. The van der Waals surface area contributed by atoms with Crippen LogP contribution >= 0.6 is 11.3 Å². The summed E-state index contributed by atoms with van der Waals surface area (Å²) in [5.74, 6) is -0.826. The van der Waals surface area contributed by atoms with Gasteiger partial charge in [0.25, 0.3) is 0 Å². The van der Waals surface area contributed by atoms with Gasteiger partial charge in [0.05, 0.1) is 5.54 Å². The Morgan fingerprint density at radius 1 is 1.48 bits per heavy atom. The molecule has 2 aromatic rings. The van der Waals surface area contributed by atoms with Gasteiger partial charge in [0, 0.05) is 6.92 Å². The number of sulfonamides is 1. The van der Waals surface area contributed by atoms with Crippen LogP contribution in [0.5, 0.6) is 0 Å². The van der Waals surface area contributed by atoms with Gasteiger partial charge in [-0.3, -0.25) is 0 Å². The number of hydrogen-bond donors (Lipinski definition) is 2. The van der Waals surface area contributed by atoms with E-state index in [9.17, 15) is 13.2 Å². The number of nitrogens with one attached hydrogen (secondary N) is 1. The largest absolute Gasteiger partial charge is 0.477 e. The Morgan fingerprint density at radius 3 is 2.67 bits per heavy atom. The summed E-state index contributed by atoms with van der Waals surface area (Å²) >= 11 is 0.842. The van der Waals surface area contributed by atoms with Crippen molar-refractivity contribution in [2.24, 2.45) is 0 Å². The molecule has 8 nitrogen and oxygen atoms in total. The standard InChI is InChI=1S/C11H13N3O5S2/c1-6-12-10(13-19-6)11(2,3)14-21(17,18)7-4-5-20-8(7)9(15)16/h4-5,14H,1-3H3,(H,15,16). The Kier molecular flexibility index (Phi) is 3.87. The summed E-state index contributed by atoms with van der Waals surface area (Å²) in [5, 5.41) is 14.1. The van der Waals surface area contributed by atoms with Crippen LogP contribution in [0.2, 0.25) is 0 Å². The maximum atomic E-state index is 12.4. The normalized spacial score (nSPS) is 12.5. The summed E-state index contributed by atoms with van der Waals surface area (Å²) in [7, 11) is -4.03. The fourth-order valence-electron chi connectivity index (χ4n) is 1.65. The van der Waals surface area contributed by atoms with E-state index in [2.05, 4.69) is 14.9 Å². The number of carboxylic acid groups (broad SMARTS) is 1. The average molecular weight is 331 g/mol. The van der Waals surface area contributed by atoms with Gasteiger partial charge in [0.1, 0.15) is 9.77 Å². The maximum Gasteiger partial charge on any atom is 0.347 e. The molecule has 0 unspecified atom stereocenters. The Labute approximate surface area is 124 Å². The van der Waals surface area contributed by atoms with Gasteiger partial charge in [-0.05, 0) is 25.3 Å². The minimum absolute atomic E-state index is 0.163. The first kappa shape index (κ1) is 15.6. The van der Waals surface area contributed by atoms with Crippen LogP contribution in [0.25, 0.3) is 0 Å². The first-order valence-electron chi connectivity index (χ1n) is 5.79. The van der Waals surface area contributed by atoms with Gasteiger partial charge in [-0.25, -0.2) is 13.2 Å². The lowest BCUT2D eigenvalue weighted by atomic mass is 10.1. The Balaban J connectivity index is 2.37. The van der Waals surface area contributed by atoms with Crippen LogP contribution in [-0.4, -0.2) is 29.6 Å². The predicted molar refractivity (Wildman–Crippen MR) is 73.7 cm³/mol. The molecule has 0 atom stereocenters. The van der Waals surface area contributed by atoms with Crippen LogP contribution in [0.4, 0.5) is 0 Å². The van der Waals surface area contributed by atoms with E-state index in [0.717, 1.165) is 11.3 Å². The third kappa shape index (κ3) is 3.12. The predicted octanol–water partition coefficient (Wildman–Crippen LogP) is 1.35. The van der Waals surface area contributed by atoms with Gasteiger partial charge in [-0.15, -0.1) is 11.3 Å². The van der Waals surface area contributed by atoms with E-state index in [1.165, 1.54) is 11.4 Å². The molecule has 0 fully saturated rings. The van der Waals surface area contributed by atoms with Crippen LogP contribution < -0.4 is 4.72 Å². The molecule has 0 spiro atoms. The van der Waals surface area contributed by atoms with Crippen molar-refractivity contribution >= 4 is 27.3 Å². The molecule has 2 rings (SSSR count). The Morgan fingerprint density at radius 2 is 2.14 bits per heavy atom. The summed E-state index contributed by atoms with van der Waals surface area (Å²) in [4.78, 5) is 14.5. The third-order valence-corrected chi connectivity index (χ3v) is 5.32. The van der Waals surface area contributed by atoms with Crippen molar-refractivity contribution in [2.45, 2.75) is 31.2 Å². The van der Waals surface area contributed by atoms with Crippen LogP contribution in [0.3, 0.4) is 0 Å². The zero-order valence-electron chi connectivity index (χ0n) is 11.4. The number of aromatic nitrogens is 2. The number of rotatable bonds is 5. The molecule has 0 aliphatic carbocycles. The second-order valence-electron chi connectivity index (χ2n) is 4.79. The molecule has 2 heterocycles. The van der Waals surface area contributed by atoms with Gasteiger partial charge < -0.3 is 9.63 Å². The van der Waals surface area contributed by atoms with E-state index < -0.39 is 21.5 Å². The number of nitrogens with zero attached hydrogens (tertiary/aromatic N) is 2. The number of carboxylic acids is 1. The number of carbonyl (C=O) groups is 1. The van der Waals surface area contributed by atoms with Crippen molar-refractivity contribution in [3.63, 3.8) is 0 Å². The SMILES string of the molecule is Cc1nc(C(C)(C)NS(=O)(=O)c2ccsc2C(=O)O)no1. The highest BCUT2D eigenvalue weighted by Crippen LogP contribution is 2.25. The minimum Gasteiger partial charge on any atom is -0.477 e. The van der Waals surface area contributed by atoms with E-state index in [0.29, 0.717) is 5.89 Å². The number of hydrogen-bond acceptors (Lipinski definition) is 7. The lowest BCUT2D eigenvalue weighted by molar-refractivity contribution is 0.0698. The minimum atomic E-state index is -4.03. The zero-order chi connectivity index (χ0) is 15.8. The molecule has 0 radical (unpaired) electrons. The second kappa shape index (κ2) is 5.20. The zero-order valence-corrected chi connectivity index (χ0v) is 13.1. The molecule has 0 saturated carbocycles. The lowest BCUT2D eigenvalue weighted by Gasteiger charge is -2.21. The molecule has 2 N–H and O–H groups in total. The summed E-state index contributed by atoms with van der Waals surface area (Å²) in [6, 6.07) is 1.24. The highest BCUT2D eigenvalue weighted by atomic mass is 32.2. The van der Waals surface area contributed by atoms with Crippen molar-refractivity contribution < 1.29 is 22.8 Å². The van der Waals surface area contributed by atoms with Crippen LogP contribution in [-0.2, 0) is 15.6 Å². The summed E-state index contributed by atoms with van der Waals surface area (Å²) < 4.78 is 31.9. The molecule has 0 aliphatic heterocycles. The molecule has 0 amide bonds. The van der Waals surface area contributed by atoms with Crippen molar-refractivity contribution in [1.29, 1.82) is 0 Å². The smallest absolute Gasteiger partial charge is 0.347 e. The van der Waals surface area contributed by atoms with Crippen molar-refractivity contribution in [2.75, 3.05) is 0 Å². The number of aryl methyl sites for hydroxylation is 1. The molecular weight excluding hydrogens is 318 g/mol. The molecular formula is C11H13N3O5S2. The van der Waals surface area contributed by atoms with E-state index >= 15 is 0 Å². The van der Waals surface area contributed by atoms with Gasteiger partial charge in [0.2, 0.25) is 15.9 Å². The first-order valence-corrected chi connectivity index (χ1v) is 8.15. The quantitative estimate of drug-likeness (QED) is 0.847. The molecule has 10 heteroatoms. The molecule has 0 saturated heterocycles. The average Bonchev–Trinajstić information content (AvgIpc) is 2.95. The van der Waals surface area contributed by atoms with E-state index in [-0.39, 0.29) is 15.6 Å². The van der Waals surface area contributed by atoms with Crippen LogP contribution in [0, 0.1) is 6.92 Å². The maximum absolute atomic E-state index is 12.4. The molecule has 0 aromatic carbocycles. The second-order valence-corrected chi connectivity index (χ2v) is 7.35. The summed E-state index contributed by atoms with van der Waals surface area (Å²) in [6.07, 6.45) is 0. The topological polar surface area (TPSA) is 122 Å². The summed E-state index contributed by atoms with van der Waals surface area (Å²) in [6.45, 7) is 4.70. The third-order valence-electron chi connectivity index (χ3n) is 2.59. The van der Waals surface area contributed by atoms with Crippen molar-refractivity contribution in [3.05, 3.63) is 28.0 Å². The van der Waals surface area contributed by atoms with Gasteiger partial charge >= 0.3 is 5.97 Å². The van der Waals surface area contributed by atoms with Crippen LogP contribution in [0.1, 0.15) is 35.2 Å². The molecule has 0 bridgehead atoms. The van der Waals surface area contributed by atoms with Gasteiger partial charge in [-0.2, -0.15) is 9.71 Å². The highest BCUT2D eigenvalue weighted by molar-refractivity contribution is 7.89. The van der Waals surface area contributed by atoms with E-state index in [4.69, 9.17) is 9.63 Å². The molecule has 21 heavy (non-hydrogen) atoms. The fourth-order valence-corrected chi connectivity index (χ4v) is 4.29. The number of aromatic carboxylic acids is 1. The molecule has 2 aromatic heterocycles. The molecule has 0 aliphatic rings. The van der Waals surface area contributed by atoms with Gasteiger partial charge in [0.15, 0.2) is 5.82 Å². The summed E-state index contributed by atoms with van der Waals surface area (Å²) in [5.41, 5.74) is -1.14. The van der Waals surface area contributed by atoms with Crippen molar-refractivity contribution in [1.82, 2.24) is 14.9 Å². The molecule has 114 valence electrons. The van der Waals surface area contributed by atoms with E-state index in [1.54, 1.807) is 20.8 Å². The Hall–Kier alpha value is -1.78. The lowest BCUT2D eigenvalue weighted by Crippen LogP contribution is -2.42. The van der Waals surface area contributed by atoms with E-state index in [1.807, 2.05) is 0 Å². The highest BCUT2D eigenvalue weighted by Gasteiger charge is 2.34. The van der Waals surface area contributed by atoms with Gasteiger partial charge in [-0.1, -0.05) is 5.16 Å². The van der Waals surface area contributed by atoms with Crippen molar-refractivity contribution in [3.8, 4) is 0 Å². The van der Waals surface area contributed by atoms with Crippen LogP contribution in [0.15, 0.2) is 20.9 Å². The first-order chi connectivity index (χ1) is 9.63. The fraction of sp³-hybridized carbons (Fsp3) is 0.364.